The molecule has 2 rings (SSSR count). The standard InChI is InChI=1S/C24H32Cl2O3/c1-7-28-21-11-9-17(13-19(21)25)23(3,4)15-27-16-24(5,6)18-10-12-22(29-8-2)20(26)14-18/h9-14H,7-8,15-16H2,1-6H3. The van der Waals surface area contributed by atoms with Gasteiger partial charge in [0.05, 0.1) is 36.5 Å². The van der Waals surface area contributed by atoms with Crippen molar-refractivity contribution in [1.29, 1.82) is 0 Å². The lowest BCUT2D eigenvalue weighted by Gasteiger charge is -2.30. The van der Waals surface area contributed by atoms with Crippen molar-refractivity contribution >= 4 is 23.2 Å². The molecule has 0 saturated heterocycles. The largest absolute Gasteiger partial charge is 0.492 e. The van der Waals surface area contributed by atoms with Crippen LogP contribution in [-0.4, -0.2) is 26.4 Å². The van der Waals surface area contributed by atoms with Crippen molar-refractivity contribution in [3.63, 3.8) is 0 Å². The van der Waals surface area contributed by atoms with Crippen LogP contribution in [0.25, 0.3) is 0 Å². The van der Waals surface area contributed by atoms with Crippen molar-refractivity contribution in [2.24, 2.45) is 0 Å². The quantitative estimate of drug-likeness (QED) is 0.397. The van der Waals surface area contributed by atoms with E-state index in [0.29, 0.717) is 48.0 Å². The van der Waals surface area contributed by atoms with Gasteiger partial charge in [0.1, 0.15) is 11.5 Å². The predicted molar refractivity (Wildman–Crippen MR) is 122 cm³/mol. The molecule has 0 N–H and O–H groups in total. The van der Waals surface area contributed by atoms with Crippen molar-refractivity contribution in [2.75, 3.05) is 26.4 Å². The van der Waals surface area contributed by atoms with E-state index in [1.54, 1.807) is 0 Å². The van der Waals surface area contributed by atoms with Crippen LogP contribution in [0.3, 0.4) is 0 Å². The summed E-state index contributed by atoms with van der Waals surface area (Å²) in [6.07, 6.45) is 0. The fourth-order valence-corrected chi connectivity index (χ4v) is 3.59. The molecule has 0 heterocycles. The number of rotatable bonds is 10. The van der Waals surface area contributed by atoms with Gasteiger partial charge >= 0.3 is 0 Å². The zero-order valence-electron chi connectivity index (χ0n) is 18.3. The first-order chi connectivity index (χ1) is 13.6. The summed E-state index contributed by atoms with van der Waals surface area (Å²) in [5.41, 5.74) is 1.88. The Labute approximate surface area is 185 Å². The third kappa shape index (κ3) is 6.28. The van der Waals surface area contributed by atoms with Crippen molar-refractivity contribution in [2.45, 2.75) is 52.4 Å². The average Bonchev–Trinajstić information content (AvgIpc) is 2.65. The molecule has 29 heavy (non-hydrogen) atoms. The Balaban J connectivity index is 2.03. The van der Waals surface area contributed by atoms with Crippen LogP contribution in [-0.2, 0) is 15.6 Å². The molecular formula is C24H32Cl2O3. The van der Waals surface area contributed by atoms with Gasteiger partial charge in [-0.25, -0.2) is 0 Å². The van der Waals surface area contributed by atoms with E-state index in [1.165, 1.54) is 0 Å². The third-order valence-electron chi connectivity index (χ3n) is 4.95. The molecule has 0 fully saturated rings. The van der Waals surface area contributed by atoms with Gasteiger partial charge in [-0.1, -0.05) is 63.0 Å². The van der Waals surface area contributed by atoms with Crippen LogP contribution in [0, 0.1) is 0 Å². The summed E-state index contributed by atoms with van der Waals surface area (Å²) < 4.78 is 17.2. The Bertz CT molecular complexity index is 748. The summed E-state index contributed by atoms with van der Waals surface area (Å²) in [5, 5.41) is 1.25. The molecule has 0 spiro atoms. The van der Waals surface area contributed by atoms with Gasteiger partial charge in [0.25, 0.3) is 0 Å². The molecule has 2 aromatic carbocycles. The van der Waals surface area contributed by atoms with Crippen molar-refractivity contribution in [3.05, 3.63) is 57.6 Å². The minimum absolute atomic E-state index is 0.180. The number of benzene rings is 2. The predicted octanol–water partition coefficient (Wildman–Crippen LogP) is 7.06. The van der Waals surface area contributed by atoms with Crippen LogP contribution in [0.4, 0.5) is 0 Å². The molecule has 0 saturated carbocycles. The number of halogens is 2. The van der Waals surface area contributed by atoms with E-state index in [-0.39, 0.29) is 10.8 Å². The molecule has 0 amide bonds. The molecule has 0 aliphatic rings. The molecule has 0 radical (unpaired) electrons. The molecule has 0 unspecified atom stereocenters. The molecule has 2 aromatic rings. The zero-order valence-corrected chi connectivity index (χ0v) is 19.8. The molecule has 160 valence electrons. The highest BCUT2D eigenvalue weighted by molar-refractivity contribution is 6.32. The smallest absolute Gasteiger partial charge is 0.137 e. The lowest BCUT2D eigenvalue weighted by atomic mass is 9.84. The minimum atomic E-state index is -0.180. The Morgan fingerprint density at radius 1 is 0.690 bits per heavy atom. The van der Waals surface area contributed by atoms with Crippen LogP contribution in [0.15, 0.2) is 36.4 Å². The molecule has 0 bridgehead atoms. The maximum absolute atomic E-state index is 6.36. The molecule has 5 heteroatoms. The fraction of sp³-hybridized carbons (Fsp3) is 0.500. The van der Waals surface area contributed by atoms with Gasteiger partial charge in [0, 0.05) is 10.8 Å². The third-order valence-corrected chi connectivity index (χ3v) is 5.54. The summed E-state index contributed by atoms with van der Waals surface area (Å²) in [6.45, 7) is 14.8. The van der Waals surface area contributed by atoms with Gasteiger partial charge < -0.3 is 14.2 Å². The second kappa shape index (κ2) is 10.1. The lowest BCUT2D eigenvalue weighted by molar-refractivity contribution is 0.0633. The fourth-order valence-electron chi connectivity index (χ4n) is 3.12. The van der Waals surface area contributed by atoms with Gasteiger partial charge in [-0.15, -0.1) is 0 Å². The summed E-state index contributed by atoms with van der Waals surface area (Å²) in [6, 6.07) is 11.9. The van der Waals surface area contributed by atoms with Gasteiger partial charge in [0.15, 0.2) is 0 Å². The second-order valence-electron chi connectivity index (χ2n) is 8.42. The minimum Gasteiger partial charge on any atom is -0.492 e. The van der Waals surface area contributed by atoms with Crippen LogP contribution in [0.1, 0.15) is 52.7 Å². The second-order valence-corrected chi connectivity index (χ2v) is 9.23. The Kier molecular flexibility index (Phi) is 8.28. The summed E-state index contributed by atoms with van der Waals surface area (Å²) in [5.74, 6) is 1.42. The van der Waals surface area contributed by atoms with E-state index < -0.39 is 0 Å². The van der Waals surface area contributed by atoms with Gasteiger partial charge in [-0.05, 0) is 49.2 Å². The number of ether oxygens (including phenoxy) is 3. The van der Waals surface area contributed by atoms with E-state index in [4.69, 9.17) is 37.4 Å². The first-order valence-electron chi connectivity index (χ1n) is 10.0. The Morgan fingerprint density at radius 2 is 1.07 bits per heavy atom. The maximum atomic E-state index is 6.36. The SMILES string of the molecule is CCOc1ccc(C(C)(C)COCC(C)(C)c2ccc(OCC)c(Cl)c2)cc1Cl. The van der Waals surface area contributed by atoms with Crippen LogP contribution in [0.2, 0.25) is 10.0 Å². The molecule has 0 aromatic heterocycles. The van der Waals surface area contributed by atoms with E-state index >= 15 is 0 Å². The van der Waals surface area contributed by atoms with E-state index in [2.05, 4.69) is 39.8 Å². The molecule has 0 aliphatic carbocycles. The zero-order chi connectivity index (χ0) is 21.7. The van der Waals surface area contributed by atoms with Gasteiger partial charge in [0.2, 0.25) is 0 Å². The van der Waals surface area contributed by atoms with Crippen LogP contribution in [0.5, 0.6) is 11.5 Å². The first kappa shape index (κ1) is 23.9. The molecule has 0 atom stereocenters. The maximum Gasteiger partial charge on any atom is 0.137 e. The normalized spacial score (nSPS) is 12.1. The highest BCUT2D eigenvalue weighted by Crippen LogP contribution is 2.34. The van der Waals surface area contributed by atoms with Crippen molar-refractivity contribution < 1.29 is 14.2 Å². The Hall–Kier alpha value is -1.42. The van der Waals surface area contributed by atoms with E-state index in [0.717, 1.165) is 11.1 Å². The molecule has 3 nitrogen and oxygen atoms in total. The lowest BCUT2D eigenvalue weighted by Crippen LogP contribution is -2.30. The summed E-state index contributed by atoms with van der Waals surface area (Å²) in [4.78, 5) is 0. The summed E-state index contributed by atoms with van der Waals surface area (Å²) >= 11 is 12.7. The number of hydrogen-bond donors (Lipinski definition) is 0. The monoisotopic (exact) mass is 438 g/mol. The van der Waals surface area contributed by atoms with Crippen LogP contribution < -0.4 is 9.47 Å². The van der Waals surface area contributed by atoms with Crippen molar-refractivity contribution in [1.82, 2.24) is 0 Å². The Morgan fingerprint density at radius 3 is 1.38 bits per heavy atom. The summed E-state index contributed by atoms with van der Waals surface area (Å²) in [7, 11) is 0. The van der Waals surface area contributed by atoms with E-state index in [9.17, 15) is 0 Å². The number of hydrogen-bond acceptors (Lipinski definition) is 3. The van der Waals surface area contributed by atoms with Gasteiger partial charge in [-0.3, -0.25) is 0 Å². The highest BCUT2D eigenvalue weighted by Gasteiger charge is 2.26. The topological polar surface area (TPSA) is 27.7 Å². The highest BCUT2D eigenvalue weighted by atomic mass is 35.5. The van der Waals surface area contributed by atoms with Crippen LogP contribution >= 0.6 is 23.2 Å². The van der Waals surface area contributed by atoms with Crippen molar-refractivity contribution in [3.8, 4) is 11.5 Å². The average molecular weight is 439 g/mol. The molecule has 0 aliphatic heterocycles. The molecular weight excluding hydrogens is 407 g/mol. The van der Waals surface area contributed by atoms with E-state index in [1.807, 2.05) is 38.1 Å². The first-order valence-corrected chi connectivity index (χ1v) is 10.8. The van der Waals surface area contributed by atoms with Gasteiger partial charge in [-0.2, -0.15) is 0 Å².